The summed E-state index contributed by atoms with van der Waals surface area (Å²) in [6.07, 6.45) is 7.89. The minimum atomic E-state index is -3.94. The molecule has 1 aromatic carbocycles. The lowest BCUT2D eigenvalue weighted by Gasteiger charge is -2.35. The summed E-state index contributed by atoms with van der Waals surface area (Å²) in [6.45, 7) is 8.18. The monoisotopic (exact) mass is 769 g/mol. The van der Waals surface area contributed by atoms with Crippen molar-refractivity contribution < 1.29 is 41.9 Å². The van der Waals surface area contributed by atoms with Gasteiger partial charge in [-0.05, 0) is 73.0 Å². The molecule has 54 heavy (non-hydrogen) atoms. The van der Waals surface area contributed by atoms with E-state index in [0.29, 0.717) is 32.4 Å². The molecular weight excluding hydrogens is 715 g/mol. The van der Waals surface area contributed by atoms with E-state index in [-0.39, 0.29) is 37.7 Å². The second-order valence-corrected chi connectivity index (χ2v) is 18.7. The molecule has 5 aliphatic rings. The molecule has 0 unspecified atom stereocenters. The first-order valence-corrected chi connectivity index (χ1v) is 21.0. The molecule has 6 rings (SSSR count). The molecule has 1 saturated carbocycles. The standard InChI is InChI=1S/C39H55N5O9S/c1-25-13-9-10-14-26-15-12-16-27-21-43(23-30(26)27)37(49)53-29-19-31(44(22-29)34(46)32(38(2,3)4)40-36(48)52-24-25)33(45)41-39-20-28(39)17-8-6-5-7-11-18-54(50,51)42-35(39)47/h8,12,15-17,25,28-29,31-32H,5-7,9-11,13-14,18-24H2,1-4H3,(H,40,48)(H,41,45)(H,42,47)/b17-8-/t25-,28-,29-,31+,32-,39-/m1/s1. The fraction of sp³-hybridized carbons (Fsp3) is 0.667. The molecule has 1 aliphatic carbocycles. The summed E-state index contributed by atoms with van der Waals surface area (Å²) in [7, 11) is -3.94. The zero-order valence-electron chi connectivity index (χ0n) is 31.9. The number of amides is 5. The van der Waals surface area contributed by atoms with Crippen LogP contribution in [0.15, 0.2) is 30.4 Å². The smallest absolute Gasteiger partial charge is 0.410 e. The lowest BCUT2D eigenvalue weighted by atomic mass is 9.85. The van der Waals surface area contributed by atoms with Gasteiger partial charge in [0.15, 0.2) is 0 Å². The quantitative estimate of drug-likeness (QED) is 0.374. The number of alkyl carbamates (subject to hydrolysis) is 1. The maximum Gasteiger partial charge on any atom is 0.410 e. The molecule has 0 radical (unpaired) electrons. The van der Waals surface area contributed by atoms with E-state index in [4.69, 9.17) is 9.47 Å². The second kappa shape index (κ2) is 15.9. The summed E-state index contributed by atoms with van der Waals surface area (Å²) in [5.41, 5.74) is 0.989. The zero-order chi connectivity index (χ0) is 38.8. The van der Waals surface area contributed by atoms with Crippen LogP contribution in [0.3, 0.4) is 0 Å². The molecule has 4 aliphatic heterocycles. The molecule has 1 saturated heterocycles. The number of carbonyl (C=O) groups excluding carboxylic acids is 5. The number of cyclic esters (lactones) is 1. The highest BCUT2D eigenvalue weighted by Crippen LogP contribution is 2.46. The summed E-state index contributed by atoms with van der Waals surface area (Å²) in [4.78, 5) is 72.2. The fourth-order valence-corrected chi connectivity index (χ4v) is 9.24. The zero-order valence-corrected chi connectivity index (χ0v) is 32.7. The van der Waals surface area contributed by atoms with Gasteiger partial charge in [0.05, 0.1) is 18.9 Å². The van der Waals surface area contributed by atoms with Crippen molar-refractivity contribution in [3.05, 3.63) is 47.0 Å². The molecule has 296 valence electrons. The van der Waals surface area contributed by atoms with E-state index in [1.807, 2.05) is 31.2 Å². The molecule has 3 N–H and O–H groups in total. The van der Waals surface area contributed by atoms with Crippen molar-refractivity contribution in [2.24, 2.45) is 17.3 Å². The maximum absolute atomic E-state index is 14.5. The van der Waals surface area contributed by atoms with Crippen LogP contribution >= 0.6 is 0 Å². The van der Waals surface area contributed by atoms with E-state index in [1.54, 1.807) is 25.7 Å². The Morgan fingerprint density at radius 2 is 1.80 bits per heavy atom. The van der Waals surface area contributed by atoms with Gasteiger partial charge in [-0.3, -0.25) is 24.0 Å². The van der Waals surface area contributed by atoms with Crippen molar-refractivity contribution in [2.75, 3.05) is 18.9 Å². The number of rotatable bonds is 2. The molecule has 6 atom stereocenters. The number of carbonyl (C=O) groups is 5. The number of aryl methyl sites for hydroxylation is 1. The third kappa shape index (κ3) is 9.03. The molecular formula is C39H55N5O9S. The normalized spacial score (nSPS) is 31.7. The van der Waals surface area contributed by atoms with Crippen LogP contribution in [0.4, 0.5) is 9.59 Å². The van der Waals surface area contributed by atoms with E-state index in [2.05, 4.69) is 21.4 Å². The largest absolute Gasteiger partial charge is 0.449 e. The SMILES string of the molecule is C[C@@H]1CCCCc2cccc3c2CN(C3)C(=O)O[C@@H]2C[C@@H](C(=O)N[C@]34C[C@H]3/C=C\CCCCCS(=O)(=O)NC4=O)N(C2)C(=O)[C@H](C(C)(C)C)NC(=O)OC1. The molecule has 4 heterocycles. The number of hydrogen-bond donors (Lipinski definition) is 3. The summed E-state index contributed by atoms with van der Waals surface area (Å²) in [6, 6.07) is 3.79. The van der Waals surface area contributed by atoms with Crippen LogP contribution in [-0.2, 0) is 53.4 Å². The highest BCUT2D eigenvalue weighted by atomic mass is 32.2. The minimum absolute atomic E-state index is 0.0648. The lowest BCUT2D eigenvalue weighted by molar-refractivity contribution is -0.143. The fourth-order valence-electron chi connectivity index (χ4n) is 8.09. The molecule has 4 bridgehead atoms. The third-order valence-electron chi connectivity index (χ3n) is 11.4. The van der Waals surface area contributed by atoms with E-state index in [0.717, 1.165) is 43.2 Å². The molecule has 2 fully saturated rings. The van der Waals surface area contributed by atoms with Gasteiger partial charge < -0.3 is 25.0 Å². The predicted octanol–water partition coefficient (Wildman–Crippen LogP) is 4.06. The molecule has 1 aromatic rings. The van der Waals surface area contributed by atoms with E-state index in [9.17, 15) is 32.4 Å². The van der Waals surface area contributed by atoms with Crippen molar-refractivity contribution in [3.63, 3.8) is 0 Å². The van der Waals surface area contributed by atoms with Crippen LogP contribution in [0.2, 0.25) is 0 Å². The van der Waals surface area contributed by atoms with Crippen LogP contribution in [-0.4, -0.2) is 90.8 Å². The Morgan fingerprint density at radius 1 is 1.02 bits per heavy atom. The number of sulfonamides is 1. The second-order valence-electron chi connectivity index (χ2n) is 16.9. The van der Waals surface area contributed by atoms with Gasteiger partial charge in [0.2, 0.25) is 21.8 Å². The van der Waals surface area contributed by atoms with Gasteiger partial charge in [-0.2, -0.15) is 0 Å². The summed E-state index contributed by atoms with van der Waals surface area (Å²) in [5, 5.41) is 5.57. The van der Waals surface area contributed by atoms with Crippen molar-refractivity contribution >= 4 is 39.9 Å². The molecule has 0 aromatic heterocycles. The van der Waals surface area contributed by atoms with Gasteiger partial charge in [0, 0.05) is 25.4 Å². The van der Waals surface area contributed by atoms with Gasteiger partial charge >= 0.3 is 12.2 Å². The van der Waals surface area contributed by atoms with Gasteiger partial charge in [0.1, 0.15) is 23.7 Å². The summed E-state index contributed by atoms with van der Waals surface area (Å²) in [5.74, 6) is -2.65. The molecule has 14 nitrogen and oxygen atoms in total. The predicted molar refractivity (Wildman–Crippen MR) is 199 cm³/mol. The third-order valence-corrected chi connectivity index (χ3v) is 12.7. The number of allylic oxidation sites excluding steroid dienone is 1. The van der Waals surface area contributed by atoms with Crippen LogP contribution in [0.1, 0.15) is 102 Å². The molecule has 5 amide bonds. The summed E-state index contributed by atoms with van der Waals surface area (Å²) >= 11 is 0. The average Bonchev–Trinajstić information content (AvgIpc) is 3.40. The van der Waals surface area contributed by atoms with E-state index in [1.165, 1.54) is 10.5 Å². The highest BCUT2D eigenvalue weighted by Gasteiger charge is 2.62. The van der Waals surface area contributed by atoms with Gasteiger partial charge in [0.25, 0.3) is 5.91 Å². The van der Waals surface area contributed by atoms with Crippen LogP contribution < -0.4 is 15.4 Å². The van der Waals surface area contributed by atoms with E-state index >= 15 is 0 Å². The van der Waals surface area contributed by atoms with Crippen LogP contribution in [0, 0.1) is 17.3 Å². The number of nitrogens with zero attached hydrogens (tertiary/aromatic N) is 2. The Labute approximate surface area is 318 Å². The van der Waals surface area contributed by atoms with Crippen LogP contribution in [0.5, 0.6) is 0 Å². The van der Waals surface area contributed by atoms with Gasteiger partial charge in [-0.15, -0.1) is 0 Å². The van der Waals surface area contributed by atoms with Gasteiger partial charge in [-0.1, -0.05) is 70.9 Å². The average molecular weight is 770 g/mol. The molecule has 15 heteroatoms. The highest BCUT2D eigenvalue weighted by molar-refractivity contribution is 7.90. The van der Waals surface area contributed by atoms with Crippen molar-refractivity contribution in [1.82, 2.24) is 25.2 Å². The Bertz CT molecular complexity index is 1770. The first-order chi connectivity index (χ1) is 25.6. The first-order valence-electron chi connectivity index (χ1n) is 19.4. The first kappa shape index (κ1) is 39.6. The van der Waals surface area contributed by atoms with Gasteiger partial charge in [-0.25, -0.2) is 18.0 Å². The number of ether oxygens (including phenoxy) is 2. The van der Waals surface area contributed by atoms with Crippen molar-refractivity contribution in [1.29, 1.82) is 0 Å². The van der Waals surface area contributed by atoms with E-state index < -0.39 is 75.0 Å². The lowest BCUT2D eigenvalue weighted by Crippen LogP contribution is -2.60. The summed E-state index contributed by atoms with van der Waals surface area (Å²) < 4.78 is 39.4. The Balaban J connectivity index is 1.28. The maximum atomic E-state index is 14.5. The topological polar surface area (TPSA) is 181 Å². The number of fused-ring (bicyclic) bond motifs is 4. The Kier molecular flexibility index (Phi) is 11.7. The number of benzene rings is 1. The number of hydrogen-bond acceptors (Lipinski definition) is 9. The van der Waals surface area contributed by atoms with Crippen molar-refractivity contribution in [2.45, 2.75) is 129 Å². The minimum Gasteiger partial charge on any atom is -0.449 e. The Morgan fingerprint density at radius 3 is 2.57 bits per heavy atom. The Hall–Kier alpha value is -4.14. The number of nitrogens with one attached hydrogen (secondary N) is 3. The van der Waals surface area contributed by atoms with Crippen molar-refractivity contribution in [3.8, 4) is 0 Å². The molecule has 0 spiro atoms. The van der Waals surface area contributed by atoms with Crippen LogP contribution in [0.25, 0.3) is 0 Å².